The summed E-state index contributed by atoms with van der Waals surface area (Å²) in [7, 11) is 0. The highest BCUT2D eigenvalue weighted by Gasteiger charge is 2.28. The van der Waals surface area contributed by atoms with Gasteiger partial charge in [-0.2, -0.15) is 0 Å². The van der Waals surface area contributed by atoms with E-state index in [0.29, 0.717) is 18.5 Å². The molecule has 1 heterocycles. The lowest BCUT2D eigenvalue weighted by molar-refractivity contribution is 0.189. The molecule has 0 spiro atoms. The first kappa shape index (κ1) is 10.5. The fourth-order valence-corrected chi connectivity index (χ4v) is 2.62. The predicted molar refractivity (Wildman–Crippen MR) is 56.9 cm³/mol. The largest absolute Gasteiger partial charge is 0.324 e. The molecular weight excluding hydrogens is 190 g/mol. The van der Waals surface area contributed by atoms with Crippen LogP contribution in [0.25, 0.3) is 0 Å². The maximum absolute atomic E-state index is 5.61. The molecule has 0 aliphatic heterocycles. The van der Waals surface area contributed by atoms with E-state index in [0.717, 1.165) is 11.7 Å². The van der Waals surface area contributed by atoms with Crippen LogP contribution < -0.4 is 5.73 Å². The van der Waals surface area contributed by atoms with Gasteiger partial charge in [-0.25, -0.2) is 4.68 Å². The fourth-order valence-electron chi connectivity index (χ4n) is 2.62. The van der Waals surface area contributed by atoms with Crippen molar-refractivity contribution in [3.05, 3.63) is 5.82 Å². The zero-order chi connectivity index (χ0) is 10.8. The van der Waals surface area contributed by atoms with Crippen molar-refractivity contribution in [2.75, 3.05) is 0 Å². The van der Waals surface area contributed by atoms with E-state index in [1.165, 1.54) is 19.3 Å². The Bertz CT molecular complexity index is 321. The summed E-state index contributed by atoms with van der Waals surface area (Å²) in [4.78, 5) is 0. The first-order valence-corrected chi connectivity index (χ1v) is 5.69. The molecule has 3 atom stereocenters. The van der Waals surface area contributed by atoms with Gasteiger partial charge in [-0.1, -0.05) is 13.8 Å². The van der Waals surface area contributed by atoms with Crippen molar-refractivity contribution >= 4 is 0 Å². The molecule has 5 nitrogen and oxygen atoms in total. The number of hydrogen-bond acceptors (Lipinski definition) is 4. The second kappa shape index (κ2) is 4.26. The molecule has 0 amide bonds. The lowest BCUT2D eigenvalue weighted by atomic mass is 9.80. The Hall–Kier alpha value is -0.970. The minimum Gasteiger partial charge on any atom is -0.324 e. The third kappa shape index (κ3) is 2.02. The monoisotopic (exact) mass is 209 g/mol. The first-order valence-electron chi connectivity index (χ1n) is 5.69. The highest BCUT2D eigenvalue weighted by Crippen LogP contribution is 2.36. The molecule has 0 radical (unpaired) electrons. The van der Waals surface area contributed by atoms with Gasteiger partial charge < -0.3 is 5.73 Å². The quantitative estimate of drug-likeness (QED) is 0.792. The van der Waals surface area contributed by atoms with Crippen molar-refractivity contribution in [1.82, 2.24) is 20.2 Å². The summed E-state index contributed by atoms with van der Waals surface area (Å²) in [5, 5.41) is 11.7. The van der Waals surface area contributed by atoms with Crippen LogP contribution in [-0.4, -0.2) is 20.2 Å². The molecule has 1 saturated carbocycles. The third-order valence-electron chi connectivity index (χ3n) is 3.44. The second-order valence-electron chi connectivity index (χ2n) is 4.71. The molecule has 0 saturated heterocycles. The van der Waals surface area contributed by atoms with Crippen LogP contribution in [-0.2, 0) is 6.54 Å². The maximum atomic E-state index is 5.61. The van der Waals surface area contributed by atoms with E-state index in [1.807, 2.05) is 4.68 Å². The SMILES string of the molecule is CC1CCC(n2nnnc2CN)C(C)C1. The molecule has 1 aromatic heterocycles. The van der Waals surface area contributed by atoms with Crippen LogP contribution in [0.5, 0.6) is 0 Å². The molecule has 5 heteroatoms. The predicted octanol–water partition coefficient (Wildman–Crippen LogP) is 1.13. The molecule has 0 aromatic carbocycles. The van der Waals surface area contributed by atoms with E-state index in [-0.39, 0.29) is 0 Å². The molecule has 3 unspecified atom stereocenters. The molecule has 2 rings (SSSR count). The Labute approximate surface area is 90.0 Å². The number of nitrogens with zero attached hydrogens (tertiary/aromatic N) is 4. The number of rotatable bonds is 2. The molecule has 84 valence electrons. The van der Waals surface area contributed by atoms with Gasteiger partial charge in [0.2, 0.25) is 0 Å². The third-order valence-corrected chi connectivity index (χ3v) is 3.44. The molecule has 1 fully saturated rings. The van der Waals surface area contributed by atoms with E-state index in [9.17, 15) is 0 Å². The summed E-state index contributed by atoms with van der Waals surface area (Å²) in [5.74, 6) is 2.28. The molecule has 1 aromatic rings. The lowest BCUT2D eigenvalue weighted by Crippen LogP contribution is -2.27. The molecule has 2 N–H and O–H groups in total. The lowest BCUT2D eigenvalue weighted by Gasteiger charge is -2.32. The van der Waals surface area contributed by atoms with E-state index in [4.69, 9.17) is 5.73 Å². The second-order valence-corrected chi connectivity index (χ2v) is 4.71. The van der Waals surface area contributed by atoms with Gasteiger partial charge in [0.05, 0.1) is 12.6 Å². The Morgan fingerprint density at radius 2 is 2.20 bits per heavy atom. The minimum absolute atomic E-state index is 0.422. The van der Waals surface area contributed by atoms with Gasteiger partial charge >= 0.3 is 0 Å². The van der Waals surface area contributed by atoms with Crippen molar-refractivity contribution in [3.63, 3.8) is 0 Å². The van der Waals surface area contributed by atoms with Crippen LogP contribution in [0.3, 0.4) is 0 Å². The van der Waals surface area contributed by atoms with Gasteiger partial charge in [-0.15, -0.1) is 5.10 Å². The molecule has 1 aliphatic rings. The van der Waals surface area contributed by atoms with Crippen molar-refractivity contribution in [2.24, 2.45) is 17.6 Å². The van der Waals surface area contributed by atoms with Crippen LogP contribution in [0.2, 0.25) is 0 Å². The summed E-state index contributed by atoms with van der Waals surface area (Å²) in [5.41, 5.74) is 5.61. The smallest absolute Gasteiger partial charge is 0.165 e. The maximum Gasteiger partial charge on any atom is 0.165 e. The number of nitrogens with two attached hydrogens (primary N) is 1. The highest BCUT2D eigenvalue weighted by molar-refractivity contribution is 4.87. The summed E-state index contributed by atoms with van der Waals surface area (Å²) in [6.07, 6.45) is 3.69. The number of tetrazole rings is 1. The zero-order valence-corrected chi connectivity index (χ0v) is 9.43. The van der Waals surface area contributed by atoms with E-state index in [2.05, 4.69) is 29.4 Å². The Balaban J connectivity index is 2.16. The van der Waals surface area contributed by atoms with Gasteiger partial charge in [0, 0.05) is 0 Å². The topological polar surface area (TPSA) is 69.6 Å². The van der Waals surface area contributed by atoms with E-state index in [1.54, 1.807) is 0 Å². The summed E-state index contributed by atoms with van der Waals surface area (Å²) >= 11 is 0. The van der Waals surface area contributed by atoms with Gasteiger partial charge in [0.15, 0.2) is 5.82 Å². The van der Waals surface area contributed by atoms with Crippen LogP contribution in [0.4, 0.5) is 0 Å². The fraction of sp³-hybridized carbons (Fsp3) is 0.900. The van der Waals surface area contributed by atoms with Crippen LogP contribution >= 0.6 is 0 Å². The average molecular weight is 209 g/mol. The highest BCUT2D eigenvalue weighted by atomic mass is 15.6. The summed E-state index contributed by atoms with van der Waals surface area (Å²) < 4.78 is 1.93. The Morgan fingerprint density at radius 3 is 2.87 bits per heavy atom. The van der Waals surface area contributed by atoms with E-state index < -0.39 is 0 Å². The van der Waals surface area contributed by atoms with Gasteiger partial charge in [-0.05, 0) is 41.5 Å². The minimum atomic E-state index is 0.422. The van der Waals surface area contributed by atoms with Crippen molar-refractivity contribution < 1.29 is 0 Å². The van der Waals surface area contributed by atoms with E-state index >= 15 is 0 Å². The van der Waals surface area contributed by atoms with Gasteiger partial charge in [-0.3, -0.25) is 0 Å². The zero-order valence-electron chi connectivity index (χ0n) is 9.43. The van der Waals surface area contributed by atoms with Crippen molar-refractivity contribution in [3.8, 4) is 0 Å². The normalized spacial score (nSPS) is 31.8. The molecule has 0 bridgehead atoms. The Kier molecular flexibility index (Phi) is 3.00. The number of aromatic nitrogens is 4. The molecule has 1 aliphatic carbocycles. The standard InChI is InChI=1S/C10H19N5/c1-7-3-4-9(8(2)5-7)15-10(6-11)12-13-14-15/h7-9H,3-6,11H2,1-2H3. The van der Waals surface area contributed by atoms with Crippen LogP contribution in [0.15, 0.2) is 0 Å². The first-order chi connectivity index (χ1) is 7.22. The summed E-state index contributed by atoms with van der Waals surface area (Å²) in [6.45, 7) is 5.02. The summed E-state index contributed by atoms with van der Waals surface area (Å²) in [6, 6.07) is 0.440. The van der Waals surface area contributed by atoms with Crippen LogP contribution in [0, 0.1) is 11.8 Å². The molecular formula is C10H19N5. The average Bonchev–Trinajstić information content (AvgIpc) is 2.65. The van der Waals surface area contributed by atoms with Gasteiger partial charge in [0.25, 0.3) is 0 Å². The number of hydrogen-bond donors (Lipinski definition) is 1. The van der Waals surface area contributed by atoms with Gasteiger partial charge in [0.1, 0.15) is 0 Å². The Morgan fingerprint density at radius 1 is 1.40 bits per heavy atom. The van der Waals surface area contributed by atoms with Crippen LogP contribution in [0.1, 0.15) is 45.0 Å². The van der Waals surface area contributed by atoms with Crippen molar-refractivity contribution in [2.45, 2.75) is 45.7 Å². The molecule has 15 heavy (non-hydrogen) atoms. The van der Waals surface area contributed by atoms with Crippen molar-refractivity contribution in [1.29, 1.82) is 0 Å².